The largest absolute Gasteiger partial charge is 0.341 e. The zero-order valence-electron chi connectivity index (χ0n) is 15.9. The summed E-state index contributed by atoms with van der Waals surface area (Å²) in [5.41, 5.74) is 2.57. The van der Waals surface area contributed by atoms with E-state index in [1.165, 1.54) is 12.1 Å². The maximum absolute atomic E-state index is 13.5. The van der Waals surface area contributed by atoms with E-state index in [4.69, 9.17) is 5.26 Å². The van der Waals surface area contributed by atoms with E-state index in [1.807, 2.05) is 13.1 Å². The number of fused-ring (bicyclic) bond motifs is 1. The number of imidazole rings is 1. The fourth-order valence-electron chi connectivity index (χ4n) is 3.67. The van der Waals surface area contributed by atoms with Crippen molar-refractivity contribution in [3.63, 3.8) is 0 Å². The highest BCUT2D eigenvalue weighted by Gasteiger charge is 2.30. The molecular weight excluding hydrogens is 371 g/mol. The number of benzene rings is 2. The Morgan fingerprint density at radius 3 is 2.86 bits per heavy atom. The second kappa shape index (κ2) is 7.89. The Bertz CT molecular complexity index is 1070. The number of H-pyrrole nitrogens is 1. The Balaban J connectivity index is 1.42. The summed E-state index contributed by atoms with van der Waals surface area (Å²) in [5.74, 6) is 0.468. The van der Waals surface area contributed by atoms with E-state index in [9.17, 15) is 9.18 Å². The first-order chi connectivity index (χ1) is 14.0. The van der Waals surface area contributed by atoms with E-state index in [1.54, 1.807) is 30.3 Å². The van der Waals surface area contributed by atoms with E-state index in [2.05, 4.69) is 25.5 Å². The number of nitriles is 1. The summed E-state index contributed by atoms with van der Waals surface area (Å²) >= 11 is 0. The number of aromatic amines is 1. The van der Waals surface area contributed by atoms with E-state index in [-0.39, 0.29) is 23.9 Å². The van der Waals surface area contributed by atoms with Crippen molar-refractivity contribution in [1.82, 2.24) is 20.2 Å². The van der Waals surface area contributed by atoms with Gasteiger partial charge in [0.15, 0.2) is 0 Å². The summed E-state index contributed by atoms with van der Waals surface area (Å²) in [6.07, 6.45) is 1.52. The number of rotatable bonds is 3. The summed E-state index contributed by atoms with van der Waals surface area (Å²) in [5, 5.41) is 14.7. The molecule has 148 valence electrons. The number of carbonyl (C=O) groups is 1. The number of piperidine rings is 1. The van der Waals surface area contributed by atoms with Crippen LogP contribution in [0, 0.1) is 17.1 Å². The van der Waals surface area contributed by atoms with Crippen molar-refractivity contribution < 1.29 is 9.18 Å². The van der Waals surface area contributed by atoms with Gasteiger partial charge in [0.05, 0.1) is 28.7 Å². The van der Waals surface area contributed by atoms with Gasteiger partial charge in [-0.1, -0.05) is 0 Å². The van der Waals surface area contributed by atoms with Gasteiger partial charge in [-0.25, -0.2) is 14.2 Å². The number of aromatic nitrogens is 2. The first-order valence-electron chi connectivity index (χ1n) is 9.45. The molecule has 0 spiro atoms. The predicted octanol–water partition coefficient (Wildman–Crippen LogP) is 3.53. The van der Waals surface area contributed by atoms with Crippen LogP contribution in [0.5, 0.6) is 0 Å². The van der Waals surface area contributed by atoms with Crippen LogP contribution in [-0.2, 0) is 0 Å². The van der Waals surface area contributed by atoms with Crippen LogP contribution >= 0.6 is 0 Å². The van der Waals surface area contributed by atoms with Gasteiger partial charge in [-0.15, -0.1) is 0 Å². The maximum Gasteiger partial charge on any atom is 0.319 e. The van der Waals surface area contributed by atoms with Crippen molar-refractivity contribution in [2.75, 3.05) is 18.9 Å². The van der Waals surface area contributed by atoms with Crippen LogP contribution in [0.15, 0.2) is 42.5 Å². The summed E-state index contributed by atoms with van der Waals surface area (Å²) in [7, 11) is 2.02. The fourth-order valence-corrected chi connectivity index (χ4v) is 3.67. The Labute approximate surface area is 167 Å². The minimum atomic E-state index is -0.302. The Kier molecular flexibility index (Phi) is 5.14. The van der Waals surface area contributed by atoms with Crippen molar-refractivity contribution in [2.45, 2.75) is 24.9 Å². The monoisotopic (exact) mass is 392 g/mol. The molecule has 8 heteroatoms. The molecule has 7 nitrogen and oxygen atoms in total. The molecule has 1 saturated heterocycles. The average molecular weight is 392 g/mol. The molecule has 0 unspecified atom stereocenters. The molecule has 1 aliphatic rings. The number of hydrogen-bond acceptors (Lipinski definition) is 4. The van der Waals surface area contributed by atoms with Crippen molar-refractivity contribution in [3.05, 3.63) is 59.7 Å². The number of amides is 2. The molecule has 0 saturated carbocycles. The van der Waals surface area contributed by atoms with Gasteiger partial charge in [0.2, 0.25) is 0 Å². The number of nitrogens with zero attached hydrogens (tertiary/aromatic N) is 3. The lowest BCUT2D eigenvalue weighted by Gasteiger charge is -2.36. The van der Waals surface area contributed by atoms with Crippen LogP contribution in [0.1, 0.15) is 30.3 Å². The molecule has 3 aromatic rings. The van der Waals surface area contributed by atoms with Crippen molar-refractivity contribution >= 4 is 22.8 Å². The van der Waals surface area contributed by atoms with Gasteiger partial charge in [0.25, 0.3) is 0 Å². The number of urea groups is 1. The third kappa shape index (κ3) is 4.20. The topological polar surface area (TPSA) is 96.8 Å². The Morgan fingerprint density at radius 2 is 2.10 bits per heavy atom. The van der Waals surface area contributed by atoms with Crippen molar-refractivity contribution in [2.24, 2.45) is 0 Å². The molecule has 1 aromatic heterocycles. The Hall–Kier alpha value is -3.44. The third-order valence-electron chi connectivity index (χ3n) is 5.26. The summed E-state index contributed by atoms with van der Waals surface area (Å²) in [4.78, 5) is 22.4. The molecule has 1 fully saturated rings. The lowest BCUT2D eigenvalue weighted by molar-refractivity contribution is 0.153. The number of anilines is 1. The molecule has 0 bridgehead atoms. The number of halogens is 1. The van der Waals surface area contributed by atoms with Gasteiger partial charge in [-0.05, 0) is 62.4 Å². The summed E-state index contributed by atoms with van der Waals surface area (Å²) in [6.45, 7) is 0.803. The van der Waals surface area contributed by atoms with Gasteiger partial charge in [0, 0.05) is 18.3 Å². The van der Waals surface area contributed by atoms with Gasteiger partial charge < -0.3 is 15.6 Å². The average Bonchev–Trinajstić information content (AvgIpc) is 3.13. The second-order valence-electron chi connectivity index (χ2n) is 7.29. The minimum absolute atomic E-state index is 0.000534. The van der Waals surface area contributed by atoms with E-state index < -0.39 is 0 Å². The number of likely N-dealkylation sites (tertiary alicyclic amines) is 1. The predicted molar refractivity (Wildman–Crippen MR) is 108 cm³/mol. The lowest BCUT2D eigenvalue weighted by Crippen LogP contribution is -2.46. The molecule has 2 heterocycles. The van der Waals surface area contributed by atoms with E-state index in [0.29, 0.717) is 23.2 Å². The van der Waals surface area contributed by atoms with Crippen LogP contribution in [0.4, 0.5) is 14.9 Å². The highest BCUT2D eigenvalue weighted by atomic mass is 19.1. The second-order valence-corrected chi connectivity index (χ2v) is 7.29. The molecule has 2 atom stereocenters. The third-order valence-corrected chi connectivity index (χ3v) is 5.26. The lowest BCUT2D eigenvalue weighted by atomic mass is 9.97. The van der Waals surface area contributed by atoms with Crippen LogP contribution in [0.25, 0.3) is 11.0 Å². The molecule has 0 radical (unpaired) electrons. The zero-order chi connectivity index (χ0) is 20.4. The standard InChI is InChI=1S/C21H21FN6O/c1-28-9-8-16(25-21(29)24-15-5-2-13(12-23)3-6-15)11-19(28)20-26-17-7-4-14(22)10-18(17)27-20/h2-7,10,16,19H,8-9,11H2,1H3,(H,26,27)(H2,24,25,29)/t16-,19-/m1/s1. The highest BCUT2D eigenvalue weighted by Crippen LogP contribution is 2.29. The summed E-state index contributed by atoms with van der Waals surface area (Å²) in [6, 6.07) is 13.0. The van der Waals surface area contributed by atoms with Crippen molar-refractivity contribution in [3.8, 4) is 6.07 Å². The number of hydrogen-bond donors (Lipinski definition) is 3. The zero-order valence-corrected chi connectivity index (χ0v) is 15.9. The van der Waals surface area contributed by atoms with Crippen molar-refractivity contribution in [1.29, 1.82) is 5.26 Å². The summed E-state index contributed by atoms with van der Waals surface area (Å²) < 4.78 is 13.5. The first-order valence-corrected chi connectivity index (χ1v) is 9.45. The smallest absolute Gasteiger partial charge is 0.319 e. The molecule has 0 aliphatic carbocycles. The van der Waals surface area contributed by atoms with Crippen LogP contribution in [-0.4, -0.2) is 40.5 Å². The SMILES string of the molecule is CN1CC[C@@H](NC(=O)Nc2ccc(C#N)cc2)C[C@@H]1c1nc2ccc(F)cc2[nH]1. The minimum Gasteiger partial charge on any atom is -0.341 e. The molecule has 3 N–H and O–H groups in total. The number of nitrogens with one attached hydrogen (secondary N) is 3. The fraction of sp³-hybridized carbons (Fsp3) is 0.286. The van der Waals surface area contributed by atoms with E-state index >= 15 is 0 Å². The van der Waals surface area contributed by atoms with Crippen LogP contribution in [0.2, 0.25) is 0 Å². The normalized spacial score (nSPS) is 19.6. The number of carbonyl (C=O) groups excluding carboxylic acids is 1. The van der Waals surface area contributed by atoms with Crippen LogP contribution in [0.3, 0.4) is 0 Å². The quantitative estimate of drug-likeness (QED) is 0.635. The highest BCUT2D eigenvalue weighted by molar-refractivity contribution is 5.89. The maximum atomic E-state index is 13.5. The first kappa shape index (κ1) is 18.9. The van der Waals surface area contributed by atoms with E-state index in [0.717, 1.165) is 24.3 Å². The molecule has 1 aliphatic heterocycles. The molecule has 2 amide bonds. The van der Waals surface area contributed by atoms with Gasteiger partial charge in [0.1, 0.15) is 11.6 Å². The molecule has 29 heavy (non-hydrogen) atoms. The molecule has 4 rings (SSSR count). The van der Waals surface area contributed by atoms with Gasteiger partial charge in [-0.2, -0.15) is 5.26 Å². The Morgan fingerprint density at radius 1 is 1.31 bits per heavy atom. The van der Waals surface area contributed by atoms with Gasteiger partial charge >= 0.3 is 6.03 Å². The molecule has 2 aromatic carbocycles. The van der Waals surface area contributed by atoms with Gasteiger partial charge in [-0.3, -0.25) is 4.90 Å². The molecular formula is C21H21FN6O. The van der Waals surface area contributed by atoms with Crippen LogP contribution < -0.4 is 10.6 Å².